The van der Waals surface area contributed by atoms with Crippen LogP contribution >= 0.6 is 0 Å². The summed E-state index contributed by atoms with van der Waals surface area (Å²) in [5.74, 6) is 0.396. The molecule has 0 heterocycles. The molecule has 2 aromatic carbocycles. The Hall–Kier alpha value is -4.04. The summed E-state index contributed by atoms with van der Waals surface area (Å²) in [7, 11) is 3.04. The molecule has 0 saturated heterocycles. The van der Waals surface area contributed by atoms with Crippen LogP contribution in [0.3, 0.4) is 0 Å². The molecular weight excluding hydrogens is 428 g/mol. The second-order valence-corrected chi connectivity index (χ2v) is 6.10. The van der Waals surface area contributed by atoms with E-state index in [1.165, 1.54) is 7.11 Å². The number of nitrogens with two attached hydrogens (primary N) is 4. The lowest BCUT2D eigenvalue weighted by Crippen LogP contribution is -2.07. The van der Waals surface area contributed by atoms with E-state index in [-0.39, 0.29) is 24.7 Å². The summed E-state index contributed by atoms with van der Waals surface area (Å²) < 4.78 is 20.0. The zero-order valence-electron chi connectivity index (χ0n) is 17.6. The average molecular weight is 454 g/mol. The van der Waals surface area contributed by atoms with Crippen LogP contribution in [0.4, 0.5) is 34.1 Å². The Bertz CT molecular complexity index is 940. The lowest BCUT2D eigenvalue weighted by molar-refractivity contribution is -0.393. The molecule has 14 heteroatoms. The van der Waals surface area contributed by atoms with Crippen LogP contribution in [0.5, 0.6) is 11.5 Å². The highest BCUT2D eigenvalue weighted by atomic mass is 16.6. The lowest BCUT2D eigenvalue weighted by Gasteiger charge is -2.11. The van der Waals surface area contributed by atoms with Gasteiger partial charge >= 0.3 is 5.69 Å². The van der Waals surface area contributed by atoms with Gasteiger partial charge in [0.05, 0.1) is 46.6 Å². The largest absolute Gasteiger partial charge is 0.489 e. The number of nitro groups is 2. The van der Waals surface area contributed by atoms with Gasteiger partial charge in [0.15, 0.2) is 11.4 Å². The highest BCUT2D eigenvalue weighted by Crippen LogP contribution is 2.36. The predicted octanol–water partition coefficient (Wildman–Crippen LogP) is 1.57. The number of benzene rings is 2. The van der Waals surface area contributed by atoms with E-state index in [0.29, 0.717) is 36.0 Å². The van der Waals surface area contributed by atoms with Crippen molar-refractivity contribution in [2.24, 2.45) is 0 Å². The minimum Gasteiger partial charge on any atom is -0.489 e. The number of nitrogens with zero attached hydrogens (tertiary/aromatic N) is 2. The fraction of sp³-hybridized carbons (Fsp3) is 0.333. The zero-order chi connectivity index (χ0) is 24.3. The number of methoxy groups -OCH3 is 2. The van der Waals surface area contributed by atoms with Gasteiger partial charge in [0, 0.05) is 26.0 Å². The van der Waals surface area contributed by atoms with Crippen LogP contribution in [0.2, 0.25) is 0 Å². The molecule has 0 radical (unpaired) electrons. The number of anilines is 4. The van der Waals surface area contributed by atoms with Crippen molar-refractivity contribution in [1.29, 1.82) is 0 Å². The topological polar surface area (TPSA) is 227 Å². The molecule has 0 fully saturated rings. The van der Waals surface area contributed by atoms with E-state index < -0.39 is 21.2 Å². The quantitative estimate of drug-likeness (QED) is 0.173. The third kappa shape index (κ3) is 7.66. The first-order valence-corrected chi connectivity index (χ1v) is 9.02. The van der Waals surface area contributed by atoms with Crippen molar-refractivity contribution < 1.29 is 28.8 Å². The van der Waals surface area contributed by atoms with Crippen LogP contribution in [-0.4, -0.2) is 50.5 Å². The standard InChI is InChI=1S/C9H11N3O6.C9H15N3O2/c1-17-2-3-18-8-5-6(11(13)14)4-7(9(8)10)12(15)16;1-13-2-3-14-8-5-6(10)4-7(11)9(8)12/h4-5H,2-3,10H2,1H3;4-5H,2-3,10-12H2,1H3. The van der Waals surface area contributed by atoms with E-state index in [4.69, 9.17) is 41.9 Å². The maximum Gasteiger partial charge on any atom is 0.302 e. The normalized spacial score (nSPS) is 10.1. The Kier molecular flexibility index (Phi) is 10.2. The molecule has 32 heavy (non-hydrogen) atoms. The Morgan fingerprint density at radius 1 is 0.750 bits per heavy atom. The molecule has 0 amide bonds. The smallest absolute Gasteiger partial charge is 0.302 e. The SMILES string of the molecule is COCCOc1cc(N)cc(N)c1N.COCCOc1cc([N+](=O)[O-])cc([N+](=O)[O-])c1N. The van der Waals surface area contributed by atoms with Gasteiger partial charge in [0.25, 0.3) is 5.69 Å². The number of hydrogen-bond donors (Lipinski definition) is 4. The molecule has 176 valence electrons. The van der Waals surface area contributed by atoms with Crippen molar-refractivity contribution in [2.45, 2.75) is 0 Å². The lowest BCUT2D eigenvalue weighted by atomic mass is 10.2. The fourth-order valence-electron chi connectivity index (χ4n) is 2.23. The molecule has 0 unspecified atom stereocenters. The molecule has 0 spiro atoms. The fourth-order valence-corrected chi connectivity index (χ4v) is 2.23. The first-order chi connectivity index (χ1) is 15.1. The number of nitrogen functional groups attached to an aromatic ring is 4. The molecule has 2 rings (SSSR count). The van der Waals surface area contributed by atoms with E-state index in [2.05, 4.69) is 0 Å². The number of rotatable bonds is 10. The van der Waals surface area contributed by atoms with E-state index in [0.717, 1.165) is 12.1 Å². The highest BCUT2D eigenvalue weighted by molar-refractivity contribution is 5.75. The number of hydrogen-bond acceptors (Lipinski definition) is 12. The molecule has 14 nitrogen and oxygen atoms in total. The number of non-ortho nitro benzene ring substituents is 1. The van der Waals surface area contributed by atoms with Gasteiger partial charge in [-0.15, -0.1) is 0 Å². The van der Waals surface area contributed by atoms with E-state index in [9.17, 15) is 20.2 Å². The summed E-state index contributed by atoms with van der Waals surface area (Å²) in [5, 5.41) is 21.3. The first-order valence-electron chi connectivity index (χ1n) is 9.02. The second-order valence-electron chi connectivity index (χ2n) is 6.10. The summed E-state index contributed by atoms with van der Waals surface area (Å²) in [5.41, 5.74) is 22.5. The Morgan fingerprint density at radius 3 is 1.75 bits per heavy atom. The van der Waals surface area contributed by atoms with Crippen molar-refractivity contribution in [2.75, 3.05) is 63.6 Å². The number of nitro benzene ring substituents is 2. The maximum atomic E-state index is 10.7. The molecule has 0 aromatic heterocycles. The van der Waals surface area contributed by atoms with Gasteiger partial charge in [0.1, 0.15) is 19.0 Å². The Labute approximate surface area is 183 Å². The van der Waals surface area contributed by atoms with Crippen LogP contribution in [0.25, 0.3) is 0 Å². The van der Waals surface area contributed by atoms with Crippen LogP contribution in [-0.2, 0) is 9.47 Å². The third-order valence-electron chi connectivity index (χ3n) is 3.80. The highest BCUT2D eigenvalue weighted by Gasteiger charge is 2.23. The van der Waals surface area contributed by atoms with Gasteiger partial charge < -0.3 is 41.9 Å². The van der Waals surface area contributed by atoms with Crippen molar-refractivity contribution in [3.63, 3.8) is 0 Å². The zero-order valence-corrected chi connectivity index (χ0v) is 17.6. The maximum absolute atomic E-state index is 10.7. The van der Waals surface area contributed by atoms with E-state index in [1.54, 1.807) is 19.2 Å². The molecule has 0 aliphatic rings. The average Bonchev–Trinajstić information content (AvgIpc) is 2.73. The number of ether oxygens (including phenoxy) is 4. The van der Waals surface area contributed by atoms with Crippen molar-refractivity contribution in [1.82, 2.24) is 0 Å². The van der Waals surface area contributed by atoms with Crippen LogP contribution < -0.4 is 32.4 Å². The van der Waals surface area contributed by atoms with Crippen LogP contribution in [0, 0.1) is 20.2 Å². The summed E-state index contributed by atoms with van der Waals surface area (Å²) >= 11 is 0. The molecule has 0 saturated carbocycles. The molecular formula is C18H26N6O8. The van der Waals surface area contributed by atoms with Crippen LogP contribution in [0.1, 0.15) is 0 Å². The summed E-state index contributed by atoms with van der Waals surface area (Å²) in [6, 6.07) is 5.07. The van der Waals surface area contributed by atoms with Gasteiger partial charge in [-0.1, -0.05) is 0 Å². The van der Waals surface area contributed by atoms with E-state index >= 15 is 0 Å². The van der Waals surface area contributed by atoms with Crippen LogP contribution in [0.15, 0.2) is 24.3 Å². The molecule has 0 aliphatic heterocycles. The third-order valence-corrected chi connectivity index (χ3v) is 3.80. The Balaban J connectivity index is 0.000000330. The molecule has 0 atom stereocenters. The predicted molar refractivity (Wildman–Crippen MR) is 119 cm³/mol. The summed E-state index contributed by atoms with van der Waals surface area (Å²) in [4.78, 5) is 19.8. The van der Waals surface area contributed by atoms with Gasteiger partial charge in [-0.25, -0.2) is 0 Å². The first kappa shape index (κ1) is 26.0. The second kappa shape index (κ2) is 12.6. The Morgan fingerprint density at radius 2 is 1.28 bits per heavy atom. The van der Waals surface area contributed by atoms with Gasteiger partial charge in [-0.3, -0.25) is 20.2 Å². The van der Waals surface area contributed by atoms with E-state index in [1.807, 2.05) is 0 Å². The summed E-state index contributed by atoms with van der Waals surface area (Å²) in [6.45, 7) is 1.23. The van der Waals surface area contributed by atoms with Crippen molar-refractivity contribution in [3.8, 4) is 11.5 Å². The molecule has 2 aromatic rings. The monoisotopic (exact) mass is 454 g/mol. The molecule has 0 bridgehead atoms. The van der Waals surface area contributed by atoms with Gasteiger partial charge in [0.2, 0.25) is 0 Å². The van der Waals surface area contributed by atoms with Crippen molar-refractivity contribution in [3.05, 3.63) is 44.5 Å². The van der Waals surface area contributed by atoms with Gasteiger partial charge in [-0.05, 0) is 6.07 Å². The van der Waals surface area contributed by atoms with Gasteiger partial charge in [-0.2, -0.15) is 0 Å². The summed E-state index contributed by atoms with van der Waals surface area (Å²) in [6.07, 6.45) is 0. The van der Waals surface area contributed by atoms with Crippen molar-refractivity contribution >= 4 is 34.1 Å². The minimum atomic E-state index is -0.800. The molecule has 0 aliphatic carbocycles. The minimum absolute atomic E-state index is 0.0824. The molecule has 8 N–H and O–H groups in total.